The average Bonchev–Trinajstić information content (AvgIpc) is 3.11. The molecule has 24 heavy (non-hydrogen) atoms. The summed E-state index contributed by atoms with van der Waals surface area (Å²) < 4.78 is 0. The predicted octanol–water partition coefficient (Wildman–Crippen LogP) is 2.15. The van der Waals surface area contributed by atoms with Gasteiger partial charge in [-0.05, 0) is 24.7 Å². The van der Waals surface area contributed by atoms with Crippen LogP contribution in [0.25, 0.3) is 10.7 Å². The van der Waals surface area contributed by atoms with Crippen LogP contribution < -0.4 is 0 Å². The van der Waals surface area contributed by atoms with Crippen LogP contribution in [-0.4, -0.2) is 50.6 Å². The third-order valence-electron chi connectivity index (χ3n) is 4.93. The van der Waals surface area contributed by atoms with E-state index in [0.29, 0.717) is 19.5 Å². The number of thiazole rings is 1. The predicted molar refractivity (Wildman–Crippen MR) is 92.5 cm³/mol. The molecule has 1 aliphatic rings. The van der Waals surface area contributed by atoms with Crippen LogP contribution >= 0.6 is 11.3 Å². The van der Waals surface area contributed by atoms with Crippen LogP contribution in [0.4, 0.5) is 0 Å². The average molecular weight is 346 g/mol. The fraction of sp³-hybridized carbons (Fsp3) is 0.529. The van der Waals surface area contributed by atoms with Gasteiger partial charge in [0.15, 0.2) is 0 Å². The molecule has 0 bridgehead atoms. The largest absolute Gasteiger partial charge is 0.396 e. The number of piperidine rings is 1. The van der Waals surface area contributed by atoms with Crippen LogP contribution in [0, 0.1) is 5.41 Å². The normalized spacial score (nSPS) is 17.0. The molecule has 0 spiro atoms. The highest BCUT2D eigenvalue weighted by atomic mass is 32.1. The number of carbonyl (C=O) groups excluding carboxylic acids is 1. The van der Waals surface area contributed by atoms with Crippen LogP contribution in [0.1, 0.15) is 31.9 Å². The lowest BCUT2D eigenvalue weighted by atomic mass is 9.77. The van der Waals surface area contributed by atoms with Crippen LogP contribution in [-0.2, 0) is 11.2 Å². The van der Waals surface area contributed by atoms with Gasteiger partial charge in [0.05, 0.1) is 18.3 Å². The van der Waals surface area contributed by atoms with Gasteiger partial charge in [-0.15, -0.1) is 11.3 Å². The first kappa shape index (κ1) is 17.0. The van der Waals surface area contributed by atoms with E-state index in [1.807, 2.05) is 10.3 Å². The molecular weight excluding hydrogens is 324 g/mol. The molecule has 3 rings (SSSR count). The molecule has 128 valence electrons. The minimum Gasteiger partial charge on any atom is -0.396 e. The van der Waals surface area contributed by atoms with Crippen LogP contribution in [0.5, 0.6) is 0 Å². The second-order valence-electron chi connectivity index (χ2n) is 6.30. The van der Waals surface area contributed by atoms with E-state index in [9.17, 15) is 9.90 Å². The number of amides is 1. The monoisotopic (exact) mass is 346 g/mol. The Labute approximate surface area is 145 Å². The number of hydrogen-bond acceptors (Lipinski definition) is 6. The molecule has 0 aliphatic carbocycles. The van der Waals surface area contributed by atoms with E-state index in [-0.39, 0.29) is 17.9 Å². The van der Waals surface area contributed by atoms with Crippen molar-refractivity contribution in [1.82, 2.24) is 19.9 Å². The lowest BCUT2D eigenvalue weighted by Crippen LogP contribution is -2.45. The van der Waals surface area contributed by atoms with Crippen molar-refractivity contribution >= 4 is 17.2 Å². The maximum atomic E-state index is 12.5. The zero-order chi connectivity index (χ0) is 17.0. The topological polar surface area (TPSA) is 79.2 Å². The molecule has 2 aromatic heterocycles. The lowest BCUT2D eigenvalue weighted by Gasteiger charge is -2.40. The first-order valence-corrected chi connectivity index (χ1v) is 9.13. The molecule has 1 saturated heterocycles. The number of likely N-dealkylation sites (tertiary alicyclic amines) is 1. The molecule has 1 fully saturated rings. The van der Waals surface area contributed by atoms with E-state index >= 15 is 0 Å². The maximum absolute atomic E-state index is 12.5. The van der Waals surface area contributed by atoms with Crippen LogP contribution in [0.2, 0.25) is 0 Å². The minimum atomic E-state index is -0.00341. The zero-order valence-electron chi connectivity index (χ0n) is 13.8. The van der Waals surface area contributed by atoms with E-state index in [1.165, 1.54) is 11.3 Å². The highest BCUT2D eigenvalue weighted by molar-refractivity contribution is 7.13. The van der Waals surface area contributed by atoms with Gasteiger partial charge in [-0.25, -0.2) is 4.98 Å². The Balaban J connectivity index is 1.59. The molecule has 2 aromatic rings. The van der Waals surface area contributed by atoms with Gasteiger partial charge >= 0.3 is 0 Å². The standard InChI is InChI=1S/C17H22N4O2S/c1-2-17(12-22)3-7-21(8-4-17)15(23)9-13-11-24-16(20-13)14-10-18-5-6-19-14/h5-6,10-11,22H,2-4,7-9,12H2,1H3. The first-order chi connectivity index (χ1) is 11.7. The van der Waals surface area contributed by atoms with Gasteiger partial charge in [0.25, 0.3) is 0 Å². The molecule has 0 saturated carbocycles. The van der Waals surface area contributed by atoms with Gasteiger partial charge in [0.2, 0.25) is 5.91 Å². The third kappa shape index (κ3) is 3.62. The molecule has 7 heteroatoms. The van der Waals surface area contributed by atoms with Crippen molar-refractivity contribution in [3.63, 3.8) is 0 Å². The van der Waals surface area contributed by atoms with Crippen molar-refractivity contribution in [2.75, 3.05) is 19.7 Å². The number of rotatable bonds is 5. The van der Waals surface area contributed by atoms with Crippen LogP contribution in [0.15, 0.2) is 24.0 Å². The van der Waals surface area contributed by atoms with Gasteiger partial charge in [-0.2, -0.15) is 0 Å². The quantitative estimate of drug-likeness (QED) is 0.897. The molecule has 0 unspecified atom stereocenters. The Morgan fingerprint density at radius 2 is 2.17 bits per heavy atom. The summed E-state index contributed by atoms with van der Waals surface area (Å²) in [6, 6.07) is 0. The summed E-state index contributed by atoms with van der Waals surface area (Å²) in [7, 11) is 0. The zero-order valence-corrected chi connectivity index (χ0v) is 14.6. The molecule has 0 aromatic carbocycles. The highest BCUT2D eigenvalue weighted by Gasteiger charge is 2.33. The molecule has 6 nitrogen and oxygen atoms in total. The van der Waals surface area contributed by atoms with E-state index in [1.54, 1.807) is 18.6 Å². The summed E-state index contributed by atoms with van der Waals surface area (Å²) in [5, 5.41) is 12.3. The van der Waals surface area contributed by atoms with E-state index < -0.39 is 0 Å². The number of carbonyl (C=O) groups is 1. The van der Waals surface area contributed by atoms with E-state index in [2.05, 4.69) is 21.9 Å². The molecule has 1 N–H and O–H groups in total. The van der Waals surface area contributed by atoms with Crippen molar-refractivity contribution in [3.8, 4) is 10.7 Å². The van der Waals surface area contributed by atoms with Crippen molar-refractivity contribution in [2.24, 2.45) is 5.41 Å². The maximum Gasteiger partial charge on any atom is 0.228 e. The Bertz CT molecular complexity index is 675. The van der Waals surface area contributed by atoms with E-state index in [0.717, 1.165) is 35.7 Å². The summed E-state index contributed by atoms with van der Waals surface area (Å²) in [5.41, 5.74) is 1.51. The summed E-state index contributed by atoms with van der Waals surface area (Å²) in [6.45, 7) is 3.75. The highest BCUT2D eigenvalue weighted by Crippen LogP contribution is 2.34. The number of aromatic nitrogens is 3. The summed E-state index contributed by atoms with van der Waals surface area (Å²) in [4.78, 5) is 27.2. The van der Waals surface area contributed by atoms with Crippen molar-refractivity contribution in [2.45, 2.75) is 32.6 Å². The SMILES string of the molecule is CCC1(CO)CCN(C(=O)Cc2csc(-c3cnccn3)n2)CC1. The number of hydrogen-bond donors (Lipinski definition) is 1. The second kappa shape index (κ2) is 7.36. The second-order valence-corrected chi connectivity index (χ2v) is 7.16. The molecule has 3 heterocycles. The molecule has 0 radical (unpaired) electrons. The van der Waals surface area contributed by atoms with Gasteiger partial charge in [-0.1, -0.05) is 6.92 Å². The minimum absolute atomic E-state index is 0.00341. The van der Waals surface area contributed by atoms with Gasteiger partial charge < -0.3 is 10.0 Å². The smallest absolute Gasteiger partial charge is 0.228 e. The Morgan fingerprint density at radius 3 is 2.79 bits per heavy atom. The summed E-state index contributed by atoms with van der Waals surface area (Å²) in [6.07, 6.45) is 7.95. The molecule has 1 amide bonds. The van der Waals surface area contributed by atoms with Crippen molar-refractivity contribution in [3.05, 3.63) is 29.7 Å². The van der Waals surface area contributed by atoms with Crippen molar-refractivity contribution in [1.29, 1.82) is 0 Å². The summed E-state index contributed by atoms with van der Waals surface area (Å²) in [5.74, 6) is 0.105. The van der Waals surface area contributed by atoms with Crippen LogP contribution in [0.3, 0.4) is 0 Å². The summed E-state index contributed by atoms with van der Waals surface area (Å²) >= 11 is 1.48. The fourth-order valence-electron chi connectivity index (χ4n) is 3.04. The van der Waals surface area contributed by atoms with Gasteiger partial charge in [-0.3, -0.25) is 14.8 Å². The fourth-order valence-corrected chi connectivity index (χ4v) is 3.82. The van der Waals surface area contributed by atoms with Crippen molar-refractivity contribution < 1.29 is 9.90 Å². The molecule has 0 atom stereocenters. The number of aliphatic hydroxyl groups is 1. The number of aliphatic hydroxyl groups excluding tert-OH is 1. The Kier molecular flexibility index (Phi) is 5.20. The first-order valence-electron chi connectivity index (χ1n) is 8.25. The molecule has 1 aliphatic heterocycles. The van der Waals surface area contributed by atoms with Gasteiger partial charge in [0.1, 0.15) is 10.7 Å². The number of nitrogens with zero attached hydrogens (tertiary/aromatic N) is 4. The Hall–Kier alpha value is -1.86. The third-order valence-corrected chi connectivity index (χ3v) is 5.84. The van der Waals surface area contributed by atoms with Gasteiger partial charge in [0, 0.05) is 37.5 Å². The Morgan fingerprint density at radius 1 is 1.38 bits per heavy atom. The van der Waals surface area contributed by atoms with E-state index in [4.69, 9.17) is 0 Å². The lowest BCUT2D eigenvalue weighted by molar-refractivity contribution is -0.133. The molecular formula is C17H22N4O2S.